The van der Waals surface area contributed by atoms with Crippen LogP contribution >= 0.6 is 0 Å². The van der Waals surface area contributed by atoms with Crippen LogP contribution in [-0.4, -0.2) is 36.5 Å². The van der Waals surface area contributed by atoms with Gasteiger partial charge >= 0.3 is 12.5 Å². The van der Waals surface area contributed by atoms with E-state index in [2.05, 4.69) is 4.74 Å². The lowest BCUT2D eigenvalue weighted by Crippen LogP contribution is -2.43. The van der Waals surface area contributed by atoms with Gasteiger partial charge in [0, 0.05) is 24.7 Å². The van der Waals surface area contributed by atoms with E-state index in [1.54, 1.807) is 6.07 Å². The molecule has 0 unspecified atom stereocenters. The molecule has 1 aromatic rings. The second-order valence-corrected chi connectivity index (χ2v) is 5.03. The molecule has 22 heavy (non-hydrogen) atoms. The molecule has 0 atom stereocenters. The van der Waals surface area contributed by atoms with Crippen LogP contribution in [0, 0.1) is 0 Å². The molecule has 1 heterocycles. The van der Waals surface area contributed by atoms with Crippen LogP contribution in [0.15, 0.2) is 24.3 Å². The van der Waals surface area contributed by atoms with E-state index in [1.807, 2.05) is 0 Å². The third-order valence-electron chi connectivity index (χ3n) is 3.35. The molecular weight excluding hydrogens is 301 g/mol. The van der Waals surface area contributed by atoms with Gasteiger partial charge in [-0.05, 0) is 18.9 Å². The summed E-state index contributed by atoms with van der Waals surface area (Å²) < 4.78 is 45.9. The van der Waals surface area contributed by atoms with Gasteiger partial charge in [0.15, 0.2) is 0 Å². The van der Waals surface area contributed by atoms with Gasteiger partial charge in [-0.3, -0.25) is 0 Å². The highest BCUT2D eigenvalue weighted by Gasteiger charge is 2.32. The molecule has 8 heteroatoms. The first-order valence-electron chi connectivity index (χ1n) is 6.86. The van der Waals surface area contributed by atoms with E-state index in [0.717, 1.165) is 0 Å². The van der Waals surface area contributed by atoms with Gasteiger partial charge in [-0.2, -0.15) is 0 Å². The standard InChI is InChI=1S/C14H17F3N2O3/c15-14(16,17)22-12-4-2-1-3-10(12)9-21-13(20)19-7-5-11(18)6-8-19/h1-4,11H,5-9,18H2. The number of hydrogen-bond donors (Lipinski definition) is 1. The van der Waals surface area contributed by atoms with Gasteiger partial charge in [-0.15, -0.1) is 13.2 Å². The van der Waals surface area contributed by atoms with Crippen LogP contribution in [0.25, 0.3) is 0 Å². The number of likely N-dealkylation sites (tertiary alicyclic amines) is 1. The predicted octanol–water partition coefficient (Wildman–Crippen LogP) is 2.64. The zero-order chi connectivity index (χ0) is 16.2. The molecule has 0 spiro atoms. The van der Waals surface area contributed by atoms with Gasteiger partial charge in [0.2, 0.25) is 0 Å². The summed E-state index contributed by atoms with van der Waals surface area (Å²) in [5, 5.41) is 0. The topological polar surface area (TPSA) is 64.8 Å². The fourth-order valence-electron chi connectivity index (χ4n) is 2.16. The fraction of sp³-hybridized carbons (Fsp3) is 0.500. The Hall–Kier alpha value is -1.96. The maximum absolute atomic E-state index is 12.3. The first-order chi connectivity index (χ1) is 10.3. The summed E-state index contributed by atoms with van der Waals surface area (Å²) in [4.78, 5) is 13.4. The van der Waals surface area contributed by atoms with Crippen LogP contribution in [-0.2, 0) is 11.3 Å². The number of rotatable bonds is 3. The van der Waals surface area contributed by atoms with Crippen molar-refractivity contribution in [2.75, 3.05) is 13.1 Å². The van der Waals surface area contributed by atoms with E-state index in [-0.39, 0.29) is 24.0 Å². The smallest absolute Gasteiger partial charge is 0.444 e. The molecule has 0 bridgehead atoms. The first-order valence-corrected chi connectivity index (χ1v) is 6.86. The third kappa shape index (κ3) is 4.80. The SMILES string of the molecule is NC1CCN(C(=O)OCc2ccccc2OC(F)(F)F)CC1. The summed E-state index contributed by atoms with van der Waals surface area (Å²) in [6, 6.07) is 5.63. The van der Waals surface area contributed by atoms with Crippen LogP contribution in [0.2, 0.25) is 0 Å². The number of alkyl halides is 3. The second kappa shape index (κ2) is 6.87. The Balaban J connectivity index is 1.92. The highest BCUT2D eigenvalue weighted by Crippen LogP contribution is 2.26. The number of amides is 1. The van der Waals surface area contributed by atoms with E-state index in [4.69, 9.17) is 10.5 Å². The Kier molecular flexibility index (Phi) is 5.12. The Morgan fingerprint density at radius 1 is 1.27 bits per heavy atom. The molecular formula is C14H17F3N2O3. The van der Waals surface area contributed by atoms with Gasteiger partial charge in [0.25, 0.3) is 0 Å². The van der Waals surface area contributed by atoms with Crippen molar-refractivity contribution < 1.29 is 27.4 Å². The third-order valence-corrected chi connectivity index (χ3v) is 3.35. The maximum atomic E-state index is 12.3. The number of nitrogens with two attached hydrogens (primary N) is 1. The molecule has 0 aromatic heterocycles. The van der Waals surface area contributed by atoms with Crippen molar-refractivity contribution >= 4 is 6.09 Å². The summed E-state index contributed by atoms with van der Waals surface area (Å²) in [5.74, 6) is -0.372. The Morgan fingerprint density at radius 2 is 1.91 bits per heavy atom. The largest absolute Gasteiger partial charge is 0.573 e. The lowest BCUT2D eigenvalue weighted by Gasteiger charge is -2.29. The molecule has 1 aliphatic heterocycles. The summed E-state index contributed by atoms with van der Waals surface area (Å²) in [7, 11) is 0. The molecule has 0 saturated carbocycles. The normalized spacial score (nSPS) is 16.5. The molecule has 1 aromatic carbocycles. The molecule has 5 nitrogen and oxygen atoms in total. The molecule has 0 aliphatic carbocycles. The lowest BCUT2D eigenvalue weighted by atomic mass is 10.1. The van der Waals surface area contributed by atoms with E-state index in [0.29, 0.717) is 25.9 Å². The lowest BCUT2D eigenvalue weighted by molar-refractivity contribution is -0.275. The summed E-state index contributed by atoms with van der Waals surface area (Å²) in [6.45, 7) is 0.690. The Bertz CT molecular complexity index is 514. The van der Waals surface area contributed by atoms with Gasteiger partial charge in [-0.1, -0.05) is 18.2 Å². The predicted molar refractivity (Wildman–Crippen MR) is 72.1 cm³/mol. The zero-order valence-corrected chi connectivity index (χ0v) is 11.8. The maximum Gasteiger partial charge on any atom is 0.573 e. The molecule has 2 N–H and O–H groups in total. The molecule has 122 valence electrons. The van der Waals surface area contributed by atoms with Gasteiger partial charge < -0.3 is 20.1 Å². The van der Waals surface area contributed by atoms with E-state index in [9.17, 15) is 18.0 Å². The monoisotopic (exact) mass is 318 g/mol. The second-order valence-electron chi connectivity index (χ2n) is 5.03. The van der Waals surface area contributed by atoms with Crippen molar-refractivity contribution in [2.24, 2.45) is 5.73 Å². The van der Waals surface area contributed by atoms with Crippen LogP contribution in [0.5, 0.6) is 5.75 Å². The minimum atomic E-state index is -4.79. The Labute approximate surface area is 125 Å². The quantitative estimate of drug-likeness (QED) is 0.930. The average molecular weight is 318 g/mol. The fourth-order valence-corrected chi connectivity index (χ4v) is 2.16. The van der Waals surface area contributed by atoms with Crippen molar-refractivity contribution in [3.63, 3.8) is 0 Å². The number of carbonyl (C=O) groups excluding carboxylic acids is 1. The van der Waals surface area contributed by atoms with Crippen molar-refractivity contribution in [3.8, 4) is 5.75 Å². The molecule has 1 fully saturated rings. The molecule has 1 amide bonds. The number of benzene rings is 1. The number of halogens is 3. The number of para-hydroxylation sites is 1. The van der Waals surface area contributed by atoms with E-state index in [1.165, 1.54) is 23.1 Å². The number of hydrogen-bond acceptors (Lipinski definition) is 4. The molecule has 1 saturated heterocycles. The van der Waals surface area contributed by atoms with Crippen molar-refractivity contribution in [2.45, 2.75) is 31.9 Å². The van der Waals surface area contributed by atoms with Crippen molar-refractivity contribution in [1.29, 1.82) is 0 Å². The molecule has 2 rings (SSSR count). The van der Waals surface area contributed by atoms with Gasteiger partial charge in [-0.25, -0.2) is 4.79 Å². The zero-order valence-electron chi connectivity index (χ0n) is 11.8. The highest BCUT2D eigenvalue weighted by molar-refractivity contribution is 5.67. The number of piperidine rings is 1. The van der Waals surface area contributed by atoms with Crippen LogP contribution in [0.3, 0.4) is 0 Å². The minimum absolute atomic E-state index is 0.0740. The Morgan fingerprint density at radius 3 is 2.55 bits per heavy atom. The van der Waals surface area contributed by atoms with Gasteiger partial charge in [0.1, 0.15) is 12.4 Å². The number of ether oxygens (including phenoxy) is 2. The summed E-state index contributed by atoms with van der Waals surface area (Å²) in [5.41, 5.74) is 5.89. The number of nitrogens with zero attached hydrogens (tertiary/aromatic N) is 1. The number of carbonyl (C=O) groups is 1. The summed E-state index contributed by atoms with van der Waals surface area (Å²) in [6.07, 6.45) is -3.98. The first kappa shape index (κ1) is 16.4. The van der Waals surface area contributed by atoms with E-state index >= 15 is 0 Å². The van der Waals surface area contributed by atoms with E-state index < -0.39 is 12.5 Å². The average Bonchev–Trinajstić information content (AvgIpc) is 2.45. The van der Waals surface area contributed by atoms with Gasteiger partial charge in [0.05, 0.1) is 0 Å². The summed E-state index contributed by atoms with van der Waals surface area (Å²) >= 11 is 0. The minimum Gasteiger partial charge on any atom is -0.444 e. The highest BCUT2D eigenvalue weighted by atomic mass is 19.4. The van der Waals surface area contributed by atoms with Crippen molar-refractivity contribution in [3.05, 3.63) is 29.8 Å². The van der Waals surface area contributed by atoms with Crippen LogP contribution in [0.1, 0.15) is 18.4 Å². The molecule has 1 aliphatic rings. The van der Waals surface area contributed by atoms with Crippen LogP contribution < -0.4 is 10.5 Å². The van der Waals surface area contributed by atoms with Crippen LogP contribution in [0.4, 0.5) is 18.0 Å². The van der Waals surface area contributed by atoms with Crippen molar-refractivity contribution in [1.82, 2.24) is 4.90 Å². The molecule has 0 radical (unpaired) electrons.